The average molecular weight is 1390 g/mol. The molecule has 77 heavy (non-hydrogen) atoms. The molecule has 5 rings (SSSR count). The van der Waals surface area contributed by atoms with Crippen LogP contribution in [0.3, 0.4) is 0 Å². The summed E-state index contributed by atoms with van der Waals surface area (Å²) in [6.07, 6.45) is 10.8. The van der Waals surface area contributed by atoms with Crippen LogP contribution in [0.2, 0.25) is 0 Å². The first-order valence-corrected chi connectivity index (χ1v) is 32.2. The van der Waals surface area contributed by atoms with Gasteiger partial charge in [-0.2, -0.15) is 0 Å². The van der Waals surface area contributed by atoms with Crippen molar-refractivity contribution in [2.45, 2.75) is 132 Å². The highest BCUT2D eigenvalue weighted by Crippen LogP contribution is 2.21. The third-order valence-corrected chi connectivity index (χ3v) is 16.7. The predicted octanol–water partition coefficient (Wildman–Crippen LogP) is 9.20. The van der Waals surface area contributed by atoms with Gasteiger partial charge in [-0.3, -0.25) is 14.7 Å². The molecule has 0 aliphatic rings. The van der Waals surface area contributed by atoms with Gasteiger partial charge in [0.05, 0.1) is 47.2 Å². The largest absolute Gasteiger partial charge is 0.400 e. The Labute approximate surface area is 495 Å². The number of nitrogens with two attached hydrogens (primary N) is 2. The minimum atomic E-state index is -3.33. The number of aromatic nitrogens is 5. The van der Waals surface area contributed by atoms with Crippen LogP contribution >= 0.6 is 60.2 Å². The van der Waals surface area contributed by atoms with Crippen LogP contribution in [0.4, 0.5) is 0 Å². The molecular weight excluding hydrogens is 1310 g/mol. The third kappa shape index (κ3) is 34.7. The second kappa shape index (κ2) is 37.1. The molecule has 0 amide bonds. The van der Waals surface area contributed by atoms with Crippen LogP contribution in [-0.2, 0) is 52.6 Å². The first-order chi connectivity index (χ1) is 34.7. The molecule has 19 nitrogen and oxygen atoms in total. The normalized spacial score (nSPS) is 13.5. The van der Waals surface area contributed by atoms with Gasteiger partial charge in [-0.25, -0.2) is 63.8 Å². The highest BCUT2D eigenvalue weighted by atomic mass is 79.9. The standard InChI is InChI=1S/C12H20N2O3S2.C11H17BrN2OS.C8H12N2O2S.C7H6BrNO.C6H4BrNO.C4H11NOS.CH4O.ClH/c1-9(14-18(15)12(2,3)4)10-6-7-13-11(8-10)19(5,16)17;1-8(14-16(15)11(2,3)4)9-5-6-13-10(12)7-9;1-6(9)7-3-4-10-8(5-7)13(2,11)12;1-5(10)6-2-3-9-7(8)4-6;7-6-3-5(4-9)1-2-8-6;1-4(2,3)7(5)6;1-2;/h6-9,14H,1-5H3;5-8,14H,1-4H3;3-6H,9H2,1-2H3;2-4H,1H3;1-4H;5H2,1-3H3;2H,1H3;1H/t9-,18+;8-,16+;6-;;;7-;;/m000..1../s1. The summed E-state index contributed by atoms with van der Waals surface area (Å²) in [5.41, 5.74) is 9.51. The lowest BCUT2D eigenvalue weighted by atomic mass is 10.1. The monoisotopic (exact) mass is 1380 g/mol. The zero-order valence-electron chi connectivity index (χ0n) is 46.1. The average Bonchev–Trinajstić information content (AvgIpc) is 3.31. The van der Waals surface area contributed by atoms with E-state index in [9.17, 15) is 39.1 Å². The topological polar surface area (TPSA) is 314 Å². The summed E-state index contributed by atoms with van der Waals surface area (Å²) in [7, 11) is -9.01. The molecule has 0 aliphatic heterocycles. The highest BCUT2D eigenvalue weighted by Gasteiger charge is 2.23. The molecule has 28 heteroatoms. The Kier molecular flexibility index (Phi) is 37.7. The van der Waals surface area contributed by atoms with Crippen LogP contribution in [-0.4, -0.2) is 105 Å². The lowest BCUT2D eigenvalue weighted by Crippen LogP contribution is -2.34. The summed E-state index contributed by atoms with van der Waals surface area (Å²) in [5.74, 6) is 0.0584. The Balaban J connectivity index is -0.000000869. The van der Waals surface area contributed by atoms with Crippen LogP contribution in [0.15, 0.2) is 116 Å². The van der Waals surface area contributed by atoms with E-state index in [1.54, 1.807) is 61.9 Å². The molecule has 6 atom stereocenters. The summed E-state index contributed by atoms with van der Waals surface area (Å²) < 4.78 is 86.7. The number of nitrogens with zero attached hydrogens (tertiary/aromatic N) is 5. The molecular formula is C49H75Br3ClN9O10S5. The number of carbonyl (C=O) groups is 2. The number of hydrogen-bond acceptors (Lipinski definition) is 16. The molecule has 0 aliphatic carbocycles. The summed E-state index contributed by atoms with van der Waals surface area (Å²) >= 11 is 9.62. The maximum Gasteiger partial charge on any atom is 0.192 e. The molecule has 5 aromatic rings. The first-order valence-electron chi connectivity index (χ1n) is 22.6. The summed E-state index contributed by atoms with van der Waals surface area (Å²) in [6.45, 7) is 24.1. The molecule has 0 saturated heterocycles. The maximum absolute atomic E-state index is 12.0. The Morgan fingerprint density at radius 2 is 0.922 bits per heavy atom. The van der Waals surface area contributed by atoms with Crippen molar-refractivity contribution in [1.82, 2.24) is 34.4 Å². The molecule has 0 radical (unpaired) electrons. The molecule has 0 bridgehead atoms. The van der Waals surface area contributed by atoms with Crippen molar-refractivity contribution in [3.05, 3.63) is 133 Å². The SMILES string of the molecule is CC(=O)c1ccnc(Br)c1.CC(C)(C)[S@](N)=O.CO.C[C@H](N)c1ccnc(S(C)(=O)=O)c1.C[C@H](N[S@](=O)C(C)(C)C)c1ccnc(Br)c1.C[C@H](N[S@](=O)C(C)(C)C)c1ccnc(S(C)(=O)=O)c1.Cl.O=Cc1ccnc(Br)c1. The second-order valence-electron chi connectivity index (χ2n) is 18.9. The fourth-order valence-electron chi connectivity index (χ4n) is 4.42. The van der Waals surface area contributed by atoms with Crippen LogP contribution in [0.5, 0.6) is 0 Å². The summed E-state index contributed by atoms with van der Waals surface area (Å²) in [5, 5.41) is 12.1. The number of sulfone groups is 2. The second-order valence-corrected chi connectivity index (χ2v) is 31.1. The fourth-order valence-corrected chi connectivity index (χ4v) is 8.37. The number of aliphatic hydroxyl groups excluding tert-OH is 1. The smallest absolute Gasteiger partial charge is 0.192 e. The van der Waals surface area contributed by atoms with E-state index in [0.29, 0.717) is 20.3 Å². The number of Topliss-reactive ketones (excluding diaryl/α,β-unsaturated/α-hetero) is 1. The first kappa shape index (κ1) is 78.2. The number of aliphatic hydroxyl groups is 1. The number of rotatable bonds is 11. The van der Waals surface area contributed by atoms with Crippen LogP contribution in [0.25, 0.3) is 0 Å². The van der Waals surface area contributed by atoms with E-state index in [1.165, 1.54) is 31.5 Å². The van der Waals surface area contributed by atoms with Gasteiger partial charge >= 0.3 is 0 Å². The molecule has 0 fully saturated rings. The van der Waals surface area contributed by atoms with E-state index >= 15 is 0 Å². The maximum atomic E-state index is 12.0. The van der Waals surface area contributed by atoms with Gasteiger partial charge in [0.2, 0.25) is 0 Å². The highest BCUT2D eigenvalue weighted by molar-refractivity contribution is 9.11. The molecule has 0 aromatic carbocycles. The minimum Gasteiger partial charge on any atom is -0.400 e. The van der Waals surface area contributed by atoms with E-state index in [-0.39, 0.29) is 60.6 Å². The number of hydrogen-bond donors (Lipinski definition) is 5. The lowest BCUT2D eigenvalue weighted by molar-refractivity contribution is 0.101. The Bertz CT molecular complexity index is 2910. The van der Waals surface area contributed by atoms with E-state index in [4.69, 9.17) is 16.0 Å². The van der Waals surface area contributed by atoms with Crippen molar-refractivity contribution in [1.29, 1.82) is 0 Å². The Morgan fingerprint density at radius 1 is 0.597 bits per heavy atom. The van der Waals surface area contributed by atoms with E-state index in [0.717, 1.165) is 47.2 Å². The van der Waals surface area contributed by atoms with Gasteiger partial charge in [0, 0.05) is 79.9 Å². The number of nitrogens with one attached hydrogen (secondary N) is 2. The van der Waals surface area contributed by atoms with Gasteiger partial charge in [0.15, 0.2) is 35.5 Å². The third-order valence-electron chi connectivity index (χ3n) is 8.86. The van der Waals surface area contributed by atoms with Crippen molar-refractivity contribution in [2.24, 2.45) is 10.9 Å². The Hall–Kier alpha value is -3.03. The van der Waals surface area contributed by atoms with Gasteiger partial charge in [0.25, 0.3) is 0 Å². The molecule has 0 saturated carbocycles. The molecule has 5 heterocycles. The fraction of sp³-hybridized carbons (Fsp3) is 0.449. The minimum absolute atomic E-state index is 0. The van der Waals surface area contributed by atoms with Gasteiger partial charge < -0.3 is 10.8 Å². The molecule has 7 N–H and O–H groups in total. The molecule has 434 valence electrons. The van der Waals surface area contributed by atoms with E-state index < -0.39 is 52.6 Å². The Morgan fingerprint density at radius 3 is 1.21 bits per heavy atom. The van der Waals surface area contributed by atoms with Gasteiger partial charge in [-0.15, -0.1) is 12.4 Å². The molecule has 0 spiro atoms. The lowest BCUT2D eigenvalue weighted by Gasteiger charge is -2.22. The van der Waals surface area contributed by atoms with Crippen molar-refractivity contribution in [2.75, 3.05) is 19.6 Å². The van der Waals surface area contributed by atoms with Gasteiger partial charge in [-0.1, -0.05) is 0 Å². The van der Waals surface area contributed by atoms with E-state index in [1.807, 2.05) is 88.3 Å². The van der Waals surface area contributed by atoms with Crippen molar-refractivity contribution in [3.63, 3.8) is 0 Å². The van der Waals surface area contributed by atoms with Gasteiger partial charge in [-0.05, 0) is 215 Å². The van der Waals surface area contributed by atoms with Crippen LogP contribution in [0, 0.1) is 0 Å². The quantitative estimate of drug-likeness (QED) is 0.0467. The van der Waals surface area contributed by atoms with Gasteiger partial charge in [0.1, 0.15) is 20.1 Å². The zero-order valence-corrected chi connectivity index (χ0v) is 55.7. The van der Waals surface area contributed by atoms with Crippen molar-refractivity contribution in [3.8, 4) is 0 Å². The summed E-state index contributed by atoms with van der Waals surface area (Å²) in [6, 6.07) is 16.6. The number of aldehydes is 1. The molecule has 5 aromatic heterocycles. The number of halogens is 4. The van der Waals surface area contributed by atoms with Crippen molar-refractivity contribution < 1.29 is 44.2 Å². The summed E-state index contributed by atoms with van der Waals surface area (Å²) in [4.78, 5) is 40.2. The number of carbonyl (C=O) groups excluding carboxylic acids is 2. The van der Waals surface area contributed by atoms with E-state index in [2.05, 4.69) is 82.2 Å². The van der Waals surface area contributed by atoms with Crippen LogP contribution in [0.1, 0.15) is 146 Å². The number of pyridine rings is 5. The van der Waals surface area contributed by atoms with Crippen LogP contribution < -0.4 is 20.3 Å². The van der Waals surface area contributed by atoms with Crippen molar-refractivity contribution >= 4 is 125 Å². The molecule has 0 unspecified atom stereocenters. The zero-order chi connectivity index (χ0) is 59.6. The number of ketones is 1. The predicted molar refractivity (Wildman–Crippen MR) is 325 cm³/mol.